The second-order valence-corrected chi connectivity index (χ2v) is 21.3. The van der Waals surface area contributed by atoms with E-state index in [1.54, 1.807) is 0 Å². The maximum atomic E-state index is 12.9. The molecule has 0 amide bonds. The number of esters is 3. The standard InChI is InChI=1S/C76H120O6/c1-4-7-10-13-16-19-22-25-28-31-33-35-36-37-38-39-40-42-43-45-48-51-54-57-60-63-66-69-75(78)81-72-73(71-80-74(77)68-65-62-59-56-53-50-47-30-27-24-21-18-15-12-9-6-3)82-76(79)70-67-64-61-58-55-52-49-46-44-41-34-32-29-26-23-20-17-14-11-8-5-2/h7-8,10-11,16-17,19-21,24-26,28-30,33-35,37-38,40-42,45,47-48,54,57,73H,4-6,9,12-15,18,22-23,27,31-32,36,39,43-44,46,49-53,55-56,58-72H2,1-3H3/b10-7-,11-8-,19-16-,20-17-,24-21-,28-25-,29-26-,35-33-,38-37-,41-34-,42-40-,47-30-,48-45-,57-54-. The highest BCUT2D eigenvalue weighted by atomic mass is 16.6. The average molecular weight is 1130 g/mol. The Labute approximate surface area is 504 Å². The highest BCUT2D eigenvalue weighted by Gasteiger charge is 2.19. The van der Waals surface area contributed by atoms with Gasteiger partial charge in [-0.15, -0.1) is 0 Å². The van der Waals surface area contributed by atoms with Gasteiger partial charge in [0.15, 0.2) is 6.10 Å². The second-order valence-electron chi connectivity index (χ2n) is 21.3. The number of carbonyl (C=O) groups excluding carboxylic acids is 3. The zero-order valence-corrected chi connectivity index (χ0v) is 52.7. The summed E-state index contributed by atoms with van der Waals surface area (Å²) < 4.78 is 16.9. The molecule has 0 N–H and O–H groups in total. The first-order valence-electron chi connectivity index (χ1n) is 33.1. The highest BCUT2D eigenvalue weighted by molar-refractivity contribution is 5.71. The largest absolute Gasteiger partial charge is 0.462 e. The van der Waals surface area contributed by atoms with Gasteiger partial charge in [-0.05, 0) is 154 Å². The molecule has 0 aliphatic rings. The van der Waals surface area contributed by atoms with Crippen molar-refractivity contribution in [2.24, 2.45) is 0 Å². The van der Waals surface area contributed by atoms with Gasteiger partial charge in [0.25, 0.3) is 0 Å². The predicted octanol–water partition coefficient (Wildman–Crippen LogP) is 23.0. The molecule has 0 aromatic rings. The fourth-order valence-corrected chi connectivity index (χ4v) is 8.54. The van der Waals surface area contributed by atoms with Gasteiger partial charge in [-0.25, -0.2) is 0 Å². The van der Waals surface area contributed by atoms with Gasteiger partial charge in [0.05, 0.1) is 0 Å². The van der Waals surface area contributed by atoms with E-state index in [1.165, 1.54) is 64.2 Å². The molecule has 6 heteroatoms. The van der Waals surface area contributed by atoms with E-state index in [2.05, 4.69) is 191 Å². The van der Waals surface area contributed by atoms with Crippen LogP contribution in [0.25, 0.3) is 0 Å². The molecule has 0 heterocycles. The van der Waals surface area contributed by atoms with Crippen molar-refractivity contribution in [2.75, 3.05) is 13.2 Å². The summed E-state index contributed by atoms with van der Waals surface area (Å²) in [5.74, 6) is -0.979. The van der Waals surface area contributed by atoms with Crippen LogP contribution in [0, 0.1) is 0 Å². The van der Waals surface area contributed by atoms with Crippen molar-refractivity contribution >= 4 is 17.9 Å². The molecule has 1 atom stereocenters. The molecule has 0 aromatic carbocycles. The second kappa shape index (κ2) is 68.3. The molecule has 0 aliphatic carbocycles. The topological polar surface area (TPSA) is 78.9 Å². The third kappa shape index (κ3) is 65.6. The summed E-state index contributed by atoms with van der Waals surface area (Å²) in [7, 11) is 0. The molecule has 0 spiro atoms. The number of carbonyl (C=O) groups is 3. The summed E-state index contributed by atoms with van der Waals surface area (Å²) in [4.78, 5) is 38.4. The molecular formula is C76H120O6. The van der Waals surface area contributed by atoms with Crippen LogP contribution in [-0.2, 0) is 28.6 Å². The van der Waals surface area contributed by atoms with E-state index in [1.807, 2.05) is 0 Å². The Bertz CT molecular complexity index is 1870. The van der Waals surface area contributed by atoms with Crippen molar-refractivity contribution in [1.82, 2.24) is 0 Å². The van der Waals surface area contributed by atoms with Crippen molar-refractivity contribution in [3.05, 3.63) is 170 Å². The van der Waals surface area contributed by atoms with E-state index >= 15 is 0 Å². The smallest absolute Gasteiger partial charge is 0.306 e. The number of hydrogen-bond acceptors (Lipinski definition) is 6. The lowest BCUT2D eigenvalue weighted by atomic mass is 10.1. The monoisotopic (exact) mass is 1130 g/mol. The van der Waals surface area contributed by atoms with Crippen LogP contribution in [0.1, 0.15) is 271 Å². The van der Waals surface area contributed by atoms with Gasteiger partial charge in [-0.1, -0.05) is 268 Å². The molecule has 0 aliphatic heterocycles. The molecule has 0 bridgehead atoms. The SMILES string of the molecule is CC/C=C\C/C=C\C/C=C\C/C=C\C/C=C\C/C=C\C/C=C\C/C=C\CCCCC(=O)OCC(COC(=O)CCCCCCC/C=C\C/C=C\CCCCCC)OC(=O)CCCCCCCCCC/C=C\C/C=C\C/C=C\C/C=C\CC. The summed E-state index contributed by atoms with van der Waals surface area (Å²) in [6, 6.07) is 0. The lowest BCUT2D eigenvalue weighted by Crippen LogP contribution is -2.30. The van der Waals surface area contributed by atoms with Crippen LogP contribution in [0.5, 0.6) is 0 Å². The van der Waals surface area contributed by atoms with Crippen molar-refractivity contribution in [3.8, 4) is 0 Å². The third-order valence-electron chi connectivity index (χ3n) is 13.4. The van der Waals surface area contributed by atoms with Gasteiger partial charge in [-0.2, -0.15) is 0 Å². The zero-order chi connectivity index (χ0) is 59.2. The Balaban J connectivity index is 4.52. The zero-order valence-electron chi connectivity index (χ0n) is 52.7. The first-order chi connectivity index (χ1) is 40.5. The van der Waals surface area contributed by atoms with Crippen molar-refractivity contribution < 1.29 is 28.6 Å². The molecule has 0 aromatic heterocycles. The number of hydrogen-bond donors (Lipinski definition) is 0. The molecule has 0 saturated heterocycles. The van der Waals surface area contributed by atoms with Crippen LogP contribution in [0.2, 0.25) is 0 Å². The van der Waals surface area contributed by atoms with Crippen LogP contribution in [0.3, 0.4) is 0 Å². The fraction of sp³-hybridized carbons (Fsp3) is 0.592. The summed E-state index contributed by atoms with van der Waals surface area (Å²) in [5, 5.41) is 0. The molecular weight excluding hydrogens is 1010 g/mol. The van der Waals surface area contributed by atoms with E-state index in [0.717, 1.165) is 161 Å². The first kappa shape index (κ1) is 76.8. The lowest BCUT2D eigenvalue weighted by Gasteiger charge is -2.18. The van der Waals surface area contributed by atoms with E-state index < -0.39 is 6.10 Å². The van der Waals surface area contributed by atoms with Crippen LogP contribution in [0.4, 0.5) is 0 Å². The van der Waals surface area contributed by atoms with Crippen LogP contribution in [-0.4, -0.2) is 37.2 Å². The summed E-state index contributed by atoms with van der Waals surface area (Å²) in [6.45, 7) is 6.34. The first-order valence-corrected chi connectivity index (χ1v) is 33.1. The quantitative estimate of drug-likeness (QED) is 0.0261. The molecule has 460 valence electrons. The van der Waals surface area contributed by atoms with E-state index in [-0.39, 0.29) is 31.1 Å². The number of rotatable bonds is 58. The van der Waals surface area contributed by atoms with Gasteiger partial charge in [0.2, 0.25) is 0 Å². The maximum absolute atomic E-state index is 12.9. The third-order valence-corrected chi connectivity index (χ3v) is 13.4. The number of allylic oxidation sites excluding steroid dienone is 28. The van der Waals surface area contributed by atoms with Crippen LogP contribution >= 0.6 is 0 Å². The predicted molar refractivity (Wildman–Crippen MR) is 357 cm³/mol. The maximum Gasteiger partial charge on any atom is 0.306 e. The minimum atomic E-state index is -0.818. The van der Waals surface area contributed by atoms with Gasteiger partial charge < -0.3 is 14.2 Å². The van der Waals surface area contributed by atoms with Gasteiger partial charge in [0.1, 0.15) is 13.2 Å². The Kier molecular flexibility index (Phi) is 63.9. The minimum absolute atomic E-state index is 0.110. The van der Waals surface area contributed by atoms with Crippen LogP contribution < -0.4 is 0 Å². The number of ether oxygens (including phenoxy) is 3. The van der Waals surface area contributed by atoms with E-state index in [9.17, 15) is 14.4 Å². The Hall–Kier alpha value is -5.23. The van der Waals surface area contributed by atoms with Crippen molar-refractivity contribution in [3.63, 3.8) is 0 Å². The molecule has 82 heavy (non-hydrogen) atoms. The average Bonchev–Trinajstić information content (AvgIpc) is 3.47. The van der Waals surface area contributed by atoms with Gasteiger partial charge in [-0.3, -0.25) is 14.4 Å². The highest BCUT2D eigenvalue weighted by Crippen LogP contribution is 2.14. The fourth-order valence-electron chi connectivity index (χ4n) is 8.54. The normalized spacial score (nSPS) is 13.3. The number of unbranched alkanes of at least 4 members (excludes halogenated alkanes) is 19. The Morgan fingerprint density at radius 1 is 0.256 bits per heavy atom. The van der Waals surface area contributed by atoms with Crippen molar-refractivity contribution in [2.45, 2.75) is 277 Å². The molecule has 1 unspecified atom stereocenters. The Morgan fingerprint density at radius 2 is 0.476 bits per heavy atom. The van der Waals surface area contributed by atoms with Gasteiger partial charge in [0, 0.05) is 19.3 Å². The minimum Gasteiger partial charge on any atom is -0.462 e. The molecule has 0 radical (unpaired) electrons. The van der Waals surface area contributed by atoms with E-state index in [0.29, 0.717) is 25.7 Å². The molecule has 6 nitrogen and oxygen atoms in total. The summed E-state index contributed by atoms with van der Waals surface area (Å²) in [5.41, 5.74) is 0. The Morgan fingerprint density at radius 3 is 0.768 bits per heavy atom. The van der Waals surface area contributed by atoms with Gasteiger partial charge >= 0.3 is 17.9 Å². The van der Waals surface area contributed by atoms with Crippen LogP contribution in [0.15, 0.2) is 170 Å². The molecule has 0 saturated carbocycles. The lowest BCUT2D eigenvalue weighted by molar-refractivity contribution is -0.167. The van der Waals surface area contributed by atoms with Crippen molar-refractivity contribution in [1.29, 1.82) is 0 Å². The van der Waals surface area contributed by atoms with E-state index in [4.69, 9.17) is 14.2 Å². The molecule has 0 fully saturated rings. The summed E-state index contributed by atoms with van der Waals surface area (Å²) >= 11 is 0. The molecule has 0 rings (SSSR count). The summed E-state index contributed by atoms with van der Waals surface area (Å²) in [6.07, 6.45) is 101.